The molecule has 19 heavy (non-hydrogen) atoms. The Morgan fingerprint density at radius 1 is 1.26 bits per heavy atom. The molecule has 1 aromatic heterocycles. The Bertz CT molecular complexity index is 588. The number of carbonyl (C=O) groups is 1. The Hall–Kier alpha value is -2.31. The van der Waals surface area contributed by atoms with Gasteiger partial charge in [-0.2, -0.15) is 18.3 Å². The first kappa shape index (κ1) is 13.1. The van der Waals surface area contributed by atoms with Crippen LogP contribution in [0.4, 0.5) is 13.2 Å². The number of halogens is 3. The lowest BCUT2D eigenvalue weighted by Gasteiger charge is -2.05. The molecule has 2 rings (SSSR count). The molecule has 7 heteroatoms. The number of aromatic nitrogens is 2. The molecule has 0 amide bonds. The Balaban J connectivity index is 2.48. The molecule has 2 aromatic rings. The second-order valence-electron chi connectivity index (χ2n) is 3.68. The Morgan fingerprint density at radius 2 is 1.89 bits per heavy atom. The van der Waals surface area contributed by atoms with E-state index in [0.29, 0.717) is 23.8 Å². The third-order valence-electron chi connectivity index (χ3n) is 2.47. The van der Waals surface area contributed by atoms with Crippen LogP contribution < -0.4 is 4.74 Å². The van der Waals surface area contributed by atoms with Gasteiger partial charge in [-0.25, -0.2) is 4.68 Å². The monoisotopic (exact) mass is 270 g/mol. The molecule has 0 saturated carbocycles. The molecule has 0 saturated heterocycles. The summed E-state index contributed by atoms with van der Waals surface area (Å²) in [4.78, 5) is 10.8. The van der Waals surface area contributed by atoms with Gasteiger partial charge in [-0.05, 0) is 30.3 Å². The van der Waals surface area contributed by atoms with E-state index >= 15 is 0 Å². The minimum absolute atomic E-state index is 0.169. The molecule has 0 spiro atoms. The summed E-state index contributed by atoms with van der Waals surface area (Å²) >= 11 is 0. The third-order valence-corrected chi connectivity index (χ3v) is 2.47. The fourth-order valence-corrected chi connectivity index (χ4v) is 1.55. The lowest BCUT2D eigenvalue weighted by molar-refractivity contribution is -0.141. The van der Waals surface area contributed by atoms with Crippen molar-refractivity contribution in [1.29, 1.82) is 0 Å². The summed E-state index contributed by atoms with van der Waals surface area (Å²) < 4.78 is 43.5. The molecule has 0 aliphatic rings. The smallest absolute Gasteiger partial charge is 0.435 e. The highest BCUT2D eigenvalue weighted by Crippen LogP contribution is 2.29. The van der Waals surface area contributed by atoms with Crippen LogP contribution in [0, 0.1) is 0 Å². The molecule has 100 valence electrons. The van der Waals surface area contributed by atoms with Crippen molar-refractivity contribution in [3.05, 3.63) is 41.7 Å². The van der Waals surface area contributed by atoms with Crippen LogP contribution in [0.1, 0.15) is 16.2 Å². The van der Waals surface area contributed by atoms with Gasteiger partial charge in [0.05, 0.1) is 12.8 Å². The number of carbonyl (C=O) groups excluding carboxylic acids is 1. The van der Waals surface area contributed by atoms with Crippen LogP contribution in [-0.2, 0) is 6.18 Å². The zero-order valence-corrected chi connectivity index (χ0v) is 9.81. The molecule has 0 atom stereocenters. The van der Waals surface area contributed by atoms with Crippen molar-refractivity contribution in [1.82, 2.24) is 9.78 Å². The van der Waals surface area contributed by atoms with Crippen LogP contribution in [-0.4, -0.2) is 23.2 Å². The van der Waals surface area contributed by atoms with E-state index in [0.717, 1.165) is 4.68 Å². The van der Waals surface area contributed by atoms with E-state index in [1.165, 1.54) is 19.2 Å². The van der Waals surface area contributed by atoms with Crippen molar-refractivity contribution in [2.75, 3.05) is 7.11 Å². The van der Waals surface area contributed by atoms with Gasteiger partial charge in [0.2, 0.25) is 0 Å². The number of rotatable bonds is 3. The topological polar surface area (TPSA) is 44.1 Å². The fourth-order valence-electron chi connectivity index (χ4n) is 1.55. The van der Waals surface area contributed by atoms with Gasteiger partial charge in [0, 0.05) is 0 Å². The van der Waals surface area contributed by atoms with Crippen LogP contribution in [0.15, 0.2) is 30.3 Å². The maximum atomic E-state index is 12.5. The SMILES string of the molecule is COc1ccc(-n2nc(C(F)(F)F)cc2C=O)cc1. The van der Waals surface area contributed by atoms with Crippen LogP contribution in [0.5, 0.6) is 5.75 Å². The molecule has 0 aliphatic carbocycles. The van der Waals surface area contributed by atoms with Gasteiger partial charge in [0.1, 0.15) is 11.4 Å². The van der Waals surface area contributed by atoms with E-state index in [1.54, 1.807) is 12.1 Å². The number of hydrogen-bond acceptors (Lipinski definition) is 3. The number of aldehydes is 1. The molecular formula is C12H9F3N2O2. The fraction of sp³-hybridized carbons (Fsp3) is 0.167. The second kappa shape index (κ2) is 4.75. The summed E-state index contributed by atoms with van der Waals surface area (Å²) in [6.45, 7) is 0. The number of hydrogen-bond donors (Lipinski definition) is 0. The lowest BCUT2D eigenvalue weighted by atomic mass is 10.3. The predicted molar refractivity (Wildman–Crippen MR) is 60.5 cm³/mol. The molecule has 0 radical (unpaired) electrons. The summed E-state index contributed by atoms with van der Waals surface area (Å²) in [5.74, 6) is 0.555. The summed E-state index contributed by atoms with van der Waals surface area (Å²) in [7, 11) is 1.47. The van der Waals surface area contributed by atoms with E-state index in [9.17, 15) is 18.0 Å². The first-order chi connectivity index (χ1) is 8.95. The van der Waals surface area contributed by atoms with Crippen molar-refractivity contribution in [3.63, 3.8) is 0 Å². The maximum Gasteiger partial charge on any atom is 0.435 e. The van der Waals surface area contributed by atoms with Crippen molar-refractivity contribution >= 4 is 6.29 Å². The standard InChI is InChI=1S/C12H9F3N2O2/c1-19-10-4-2-8(3-5-10)17-9(7-18)6-11(16-17)12(13,14)15/h2-7H,1H3. The zero-order valence-electron chi connectivity index (χ0n) is 9.81. The molecule has 0 N–H and O–H groups in total. The molecule has 0 unspecified atom stereocenters. The molecular weight excluding hydrogens is 261 g/mol. The molecule has 1 heterocycles. The molecule has 4 nitrogen and oxygen atoms in total. The summed E-state index contributed by atoms with van der Waals surface area (Å²) in [6.07, 6.45) is -4.26. The summed E-state index contributed by atoms with van der Waals surface area (Å²) in [5.41, 5.74) is -0.929. The maximum absolute atomic E-state index is 12.5. The van der Waals surface area contributed by atoms with Gasteiger partial charge < -0.3 is 4.74 Å². The Kier molecular flexibility index (Phi) is 3.28. The van der Waals surface area contributed by atoms with Gasteiger partial charge in [0.15, 0.2) is 12.0 Å². The Morgan fingerprint density at radius 3 is 2.37 bits per heavy atom. The van der Waals surface area contributed by atoms with Crippen LogP contribution in [0.3, 0.4) is 0 Å². The van der Waals surface area contributed by atoms with Gasteiger partial charge in [0.25, 0.3) is 0 Å². The van der Waals surface area contributed by atoms with Crippen LogP contribution >= 0.6 is 0 Å². The van der Waals surface area contributed by atoms with Crippen molar-refractivity contribution in [3.8, 4) is 11.4 Å². The highest BCUT2D eigenvalue weighted by atomic mass is 19.4. The number of benzene rings is 1. The third kappa shape index (κ3) is 2.59. The van der Waals surface area contributed by atoms with Crippen LogP contribution in [0.25, 0.3) is 5.69 Å². The lowest BCUT2D eigenvalue weighted by Crippen LogP contribution is -2.07. The second-order valence-corrected chi connectivity index (χ2v) is 3.68. The van der Waals surface area contributed by atoms with Gasteiger partial charge in [-0.15, -0.1) is 0 Å². The molecule has 0 fully saturated rings. The zero-order chi connectivity index (χ0) is 14.0. The highest BCUT2D eigenvalue weighted by Gasteiger charge is 2.35. The average molecular weight is 270 g/mol. The van der Waals surface area contributed by atoms with Gasteiger partial charge in [-0.3, -0.25) is 4.79 Å². The number of nitrogens with zero attached hydrogens (tertiary/aromatic N) is 2. The van der Waals surface area contributed by atoms with Crippen LogP contribution in [0.2, 0.25) is 0 Å². The quantitative estimate of drug-likeness (QED) is 0.805. The van der Waals surface area contributed by atoms with E-state index < -0.39 is 11.9 Å². The van der Waals surface area contributed by atoms with Gasteiger partial charge in [-0.1, -0.05) is 0 Å². The number of ether oxygens (including phenoxy) is 1. The van der Waals surface area contributed by atoms with E-state index in [1.807, 2.05) is 0 Å². The summed E-state index contributed by atoms with van der Waals surface area (Å²) in [5, 5.41) is 3.40. The molecule has 1 aromatic carbocycles. The minimum atomic E-state index is -4.59. The molecule has 0 aliphatic heterocycles. The van der Waals surface area contributed by atoms with Gasteiger partial charge >= 0.3 is 6.18 Å². The predicted octanol–water partition coefficient (Wildman–Crippen LogP) is 2.71. The number of methoxy groups -OCH3 is 1. The normalized spacial score (nSPS) is 11.4. The Labute approximate surface area is 106 Å². The largest absolute Gasteiger partial charge is 0.497 e. The van der Waals surface area contributed by atoms with Crippen molar-refractivity contribution in [2.45, 2.75) is 6.18 Å². The first-order valence-electron chi connectivity index (χ1n) is 5.22. The average Bonchev–Trinajstić information content (AvgIpc) is 2.83. The number of alkyl halides is 3. The molecule has 0 bridgehead atoms. The summed E-state index contributed by atoms with van der Waals surface area (Å²) in [6, 6.07) is 6.87. The van der Waals surface area contributed by atoms with Crippen molar-refractivity contribution in [2.24, 2.45) is 0 Å². The van der Waals surface area contributed by atoms with E-state index in [4.69, 9.17) is 4.74 Å². The van der Waals surface area contributed by atoms with Crippen molar-refractivity contribution < 1.29 is 22.7 Å². The van der Waals surface area contributed by atoms with E-state index in [2.05, 4.69) is 5.10 Å². The minimum Gasteiger partial charge on any atom is -0.497 e. The van der Waals surface area contributed by atoms with E-state index in [-0.39, 0.29) is 5.69 Å². The highest BCUT2D eigenvalue weighted by molar-refractivity contribution is 5.73. The first-order valence-corrected chi connectivity index (χ1v) is 5.22.